The summed E-state index contributed by atoms with van der Waals surface area (Å²) in [7, 11) is -1.99. The van der Waals surface area contributed by atoms with E-state index in [9.17, 15) is 13.2 Å². The first-order valence-electron chi connectivity index (χ1n) is 6.97. The molecule has 0 aliphatic heterocycles. The summed E-state index contributed by atoms with van der Waals surface area (Å²) in [6, 6.07) is 10.1. The average Bonchev–Trinajstić information content (AvgIpc) is 2.51. The summed E-state index contributed by atoms with van der Waals surface area (Å²) in [6.45, 7) is 2.11. The Bertz CT molecular complexity index is 809. The van der Waals surface area contributed by atoms with Crippen LogP contribution in [-0.4, -0.2) is 25.8 Å². The van der Waals surface area contributed by atoms with Gasteiger partial charge in [0.1, 0.15) is 10.6 Å². The number of benzene rings is 1. The minimum absolute atomic E-state index is 0.0340. The van der Waals surface area contributed by atoms with E-state index in [0.29, 0.717) is 24.3 Å². The number of aryl methyl sites for hydroxylation is 2. The monoisotopic (exact) mass is 321 g/mol. The average molecular weight is 321 g/mol. The number of nitrogens with zero attached hydrogens (tertiary/aromatic N) is 1. The number of hydrogen-bond acceptors (Lipinski definition) is 4. The molecule has 0 atom stereocenters. The molecule has 6 heteroatoms. The predicted molar refractivity (Wildman–Crippen MR) is 85.1 cm³/mol. The third kappa shape index (κ3) is 3.57. The van der Waals surface area contributed by atoms with Gasteiger partial charge in [-0.25, -0.2) is 8.42 Å². The lowest BCUT2D eigenvalue weighted by molar-refractivity contribution is 0.402. The molecule has 1 aromatic heterocycles. The highest BCUT2D eigenvalue weighted by molar-refractivity contribution is 7.91. The molecule has 0 saturated carbocycles. The number of pyridine rings is 1. The molecule has 0 bridgehead atoms. The van der Waals surface area contributed by atoms with Crippen molar-refractivity contribution in [3.63, 3.8) is 0 Å². The van der Waals surface area contributed by atoms with Crippen molar-refractivity contribution in [3.05, 3.63) is 58.5 Å². The molecule has 2 rings (SSSR count). The fourth-order valence-electron chi connectivity index (χ4n) is 2.24. The lowest BCUT2D eigenvalue weighted by atomic mass is 10.3. The summed E-state index contributed by atoms with van der Waals surface area (Å²) in [5, 5.41) is 0. The van der Waals surface area contributed by atoms with Crippen LogP contribution >= 0.6 is 0 Å². The first kappa shape index (κ1) is 16.3. The van der Waals surface area contributed by atoms with Gasteiger partial charge in [0.15, 0.2) is 9.84 Å². The highest BCUT2D eigenvalue weighted by atomic mass is 32.2. The number of sulfone groups is 1. The Kier molecular flexibility index (Phi) is 5.03. The van der Waals surface area contributed by atoms with Gasteiger partial charge in [-0.15, -0.1) is 0 Å². The number of ether oxygens (including phenoxy) is 1. The second-order valence-electron chi connectivity index (χ2n) is 5.01. The number of aromatic nitrogens is 1. The molecule has 0 N–H and O–H groups in total. The van der Waals surface area contributed by atoms with Gasteiger partial charge in [0.25, 0.3) is 5.56 Å². The fourth-order valence-corrected chi connectivity index (χ4v) is 3.72. The number of hydrogen-bond donors (Lipinski definition) is 0. The lowest BCUT2D eigenvalue weighted by Crippen LogP contribution is -2.22. The van der Waals surface area contributed by atoms with Crippen LogP contribution in [0.4, 0.5) is 0 Å². The van der Waals surface area contributed by atoms with Gasteiger partial charge >= 0.3 is 0 Å². The molecular formula is C16H19NO4S. The van der Waals surface area contributed by atoms with Gasteiger partial charge in [-0.3, -0.25) is 4.79 Å². The summed E-state index contributed by atoms with van der Waals surface area (Å²) in [5.41, 5.74) is 0.562. The zero-order chi connectivity index (χ0) is 16.2. The van der Waals surface area contributed by atoms with Gasteiger partial charge in [-0.05, 0) is 31.5 Å². The Labute approximate surface area is 130 Å². The van der Waals surface area contributed by atoms with E-state index in [1.54, 1.807) is 43.5 Å². The Morgan fingerprint density at radius 3 is 2.59 bits per heavy atom. The summed E-state index contributed by atoms with van der Waals surface area (Å²) in [6.07, 6.45) is 2.04. The smallest absolute Gasteiger partial charge is 0.253 e. The lowest BCUT2D eigenvalue weighted by Gasteiger charge is -2.10. The van der Waals surface area contributed by atoms with Gasteiger partial charge in [0.05, 0.1) is 12.9 Å². The van der Waals surface area contributed by atoms with Crippen molar-refractivity contribution >= 4 is 9.84 Å². The van der Waals surface area contributed by atoms with Crippen LogP contribution in [0.2, 0.25) is 0 Å². The standard InChI is InChI=1S/C16H19NO4S/c1-13-7-5-10-17(16(13)18)11-6-12-22(19,20)15-9-4-3-8-14(15)21-2/h3-5,7-10H,6,11-12H2,1-2H3. The van der Waals surface area contributed by atoms with Crippen molar-refractivity contribution in [3.8, 4) is 5.75 Å². The molecule has 0 saturated heterocycles. The molecule has 0 unspecified atom stereocenters. The van der Waals surface area contributed by atoms with Crippen LogP contribution in [0.25, 0.3) is 0 Å². The van der Waals surface area contributed by atoms with Crippen molar-refractivity contribution in [2.24, 2.45) is 0 Å². The van der Waals surface area contributed by atoms with E-state index in [2.05, 4.69) is 0 Å². The van der Waals surface area contributed by atoms with Gasteiger partial charge in [0, 0.05) is 18.3 Å². The maximum atomic E-state index is 12.4. The first-order chi connectivity index (χ1) is 10.5. The Balaban J connectivity index is 2.10. The molecule has 0 aliphatic rings. The molecule has 2 aromatic rings. The van der Waals surface area contributed by atoms with Crippen LogP contribution in [0.3, 0.4) is 0 Å². The van der Waals surface area contributed by atoms with Crippen LogP contribution in [-0.2, 0) is 16.4 Å². The maximum absolute atomic E-state index is 12.4. The summed E-state index contributed by atoms with van der Waals surface area (Å²) < 4.78 is 31.4. The van der Waals surface area contributed by atoms with Crippen molar-refractivity contribution < 1.29 is 13.2 Å². The van der Waals surface area contributed by atoms with Crippen LogP contribution in [0.1, 0.15) is 12.0 Å². The summed E-state index contributed by atoms with van der Waals surface area (Å²) in [4.78, 5) is 12.1. The molecule has 118 valence electrons. The van der Waals surface area contributed by atoms with Crippen molar-refractivity contribution in [2.45, 2.75) is 24.8 Å². The second-order valence-corrected chi connectivity index (χ2v) is 7.09. The third-order valence-corrected chi connectivity index (χ3v) is 5.26. The van der Waals surface area contributed by atoms with E-state index in [0.717, 1.165) is 0 Å². The molecule has 1 heterocycles. The summed E-state index contributed by atoms with van der Waals surface area (Å²) in [5.74, 6) is 0.309. The van der Waals surface area contributed by atoms with E-state index in [1.807, 2.05) is 0 Å². The summed E-state index contributed by atoms with van der Waals surface area (Å²) >= 11 is 0. The third-order valence-electron chi connectivity index (χ3n) is 3.43. The molecule has 1 aromatic carbocycles. The Morgan fingerprint density at radius 1 is 1.14 bits per heavy atom. The Morgan fingerprint density at radius 2 is 1.86 bits per heavy atom. The van der Waals surface area contributed by atoms with E-state index in [-0.39, 0.29) is 16.2 Å². The topological polar surface area (TPSA) is 65.4 Å². The SMILES string of the molecule is COc1ccccc1S(=O)(=O)CCCn1cccc(C)c1=O. The molecule has 0 fully saturated rings. The molecule has 5 nitrogen and oxygen atoms in total. The number of rotatable bonds is 6. The van der Waals surface area contributed by atoms with Crippen molar-refractivity contribution in [1.82, 2.24) is 4.57 Å². The quantitative estimate of drug-likeness (QED) is 0.816. The normalized spacial score (nSPS) is 11.4. The molecule has 0 aliphatic carbocycles. The largest absolute Gasteiger partial charge is 0.495 e. The predicted octanol–water partition coefficient (Wildman–Crippen LogP) is 2.03. The molecule has 22 heavy (non-hydrogen) atoms. The zero-order valence-electron chi connectivity index (χ0n) is 12.7. The van der Waals surface area contributed by atoms with E-state index in [1.165, 1.54) is 17.7 Å². The first-order valence-corrected chi connectivity index (χ1v) is 8.63. The van der Waals surface area contributed by atoms with Gasteiger partial charge < -0.3 is 9.30 Å². The van der Waals surface area contributed by atoms with Crippen LogP contribution < -0.4 is 10.3 Å². The van der Waals surface area contributed by atoms with Crippen molar-refractivity contribution in [1.29, 1.82) is 0 Å². The fraction of sp³-hybridized carbons (Fsp3) is 0.312. The minimum Gasteiger partial charge on any atom is -0.495 e. The van der Waals surface area contributed by atoms with Gasteiger partial charge in [-0.2, -0.15) is 0 Å². The van der Waals surface area contributed by atoms with Crippen LogP contribution in [0.5, 0.6) is 5.75 Å². The maximum Gasteiger partial charge on any atom is 0.253 e. The molecular weight excluding hydrogens is 302 g/mol. The van der Waals surface area contributed by atoms with Gasteiger partial charge in [0.2, 0.25) is 0 Å². The van der Waals surface area contributed by atoms with Crippen molar-refractivity contribution in [2.75, 3.05) is 12.9 Å². The zero-order valence-corrected chi connectivity index (χ0v) is 13.5. The van der Waals surface area contributed by atoms with E-state index >= 15 is 0 Å². The molecule has 0 spiro atoms. The highest BCUT2D eigenvalue weighted by Gasteiger charge is 2.18. The number of para-hydroxylation sites is 1. The molecule has 0 amide bonds. The van der Waals surface area contributed by atoms with Crippen LogP contribution in [0, 0.1) is 6.92 Å². The van der Waals surface area contributed by atoms with Gasteiger partial charge in [-0.1, -0.05) is 18.2 Å². The van der Waals surface area contributed by atoms with E-state index in [4.69, 9.17) is 4.74 Å². The van der Waals surface area contributed by atoms with Crippen LogP contribution in [0.15, 0.2) is 52.3 Å². The van der Waals surface area contributed by atoms with E-state index < -0.39 is 9.84 Å². The molecule has 0 radical (unpaired) electrons. The Hall–Kier alpha value is -2.08. The minimum atomic E-state index is -3.44. The highest BCUT2D eigenvalue weighted by Crippen LogP contribution is 2.24. The number of methoxy groups -OCH3 is 1. The second kappa shape index (κ2) is 6.79.